The zero-order valence-corrected chi connectivity index (χ0v) is 12.8. The first kappa shape index (κ1) is 15.6. The predicted molar refractivity (Wildman–Crippen MR) is 81.3 cm³/mol. The Morgan fingerprint density at radius 2 is 2.05 bits per heavy atom. The molecule has 0 spiro atoms. The van der Waals surface area contributed by atoms with E-state index in [1.807, 2.05) is 18.2 Å². The number of hydrogen-bond donors (Lipinski definition) is 1. The van der Waals surface area contributed by atoms with E-state index < -0.39 is 0 Å². The van der Waals surface area contributed by atoms with Crippen LogP contribution in [-0.4, -0.2) is 37.9 Å². The molecule has 1 aliphatic rings. The molecule has 0 aromatic heterocycles. The van der Waals surface area contributed by atoms with Crippen molar-refractivity contribution >= 4 is 0 Å². The molecule has 1 aliphatic heterocycles. The van der Waals surface area contributed by atoms with Crippen molar-refractivity contribution in [2.75, 3.05) is 33.0 Å². The van der Waals surface area contributed by atoms with Crippen LogP contribution in [0.15, 0.2) is 18.2 Å². The first-order valence-corrected chi connectivity index (χ1v) is 7.53. The molecular formula is C16H23N3O2. The lowest BCUT2D eigenvalue weighted by molar-refractivity contribution is 0.174. The number of benzene rings is 1. The Balaban J connectivity index is 1.85. The molecule has 1 heterocycles. The van der Waals surface area contributed by atoms with Crippen LogP contribution < -0.4 is 14.8 Å². The van der Waals surface area contributed by atoms with E-state index in [9.17, 15) is 5.26 Å². The Kier molecular flexibility index (Phi) is 5.85. The van der Waals surface area contributed by atoms with Crippen molar-refractivity contribution in [2.24, 2.45) is 0 Å². The second-order valence-corrected chi connectivity index (χ2v) is 5.01. The Hall–Kier alpha value is -1.77. The summed E-state index contributed by atoms with van der Waals surface area (Å²) in [5.74, 6) is 1.47. The van der Waals surface area contributed by atoms with Gasteiger partial charge in [-0.2, -0.15) is 5.26 Å². The van der Waals surface area contributed by atoms with Crippen LogP contribution in [-0.2, 0) is 0 Å². The summed E-state index contributed by atoms with van der Waals surface area (Å²) in [5, 5.41) is 12.6. The van der Waals surface area contributed by atoms with Crippen LogP contribution in [0.25, 0.3) is 0 Å². The Bertz CT molecular complexity index is 495. The molecule has 114 valence electrons. The fourth-order valence-corrected chi connectivity index (χ4v) is 2.42. The molecule has 21 heavy (non-hydrogen) atoms. The summed E-state index contributed by atoms with van der Waals surface area (Å²) in [4.78, 5) is 2.38. The number of hydrogen-bond acceptors (Lipinski definition) is 5. The maximum atomic E-state index is 9.33. The van der Waals surface area contributed by atoms with Crippen molar-refractivity contribution in [1.82, 2.24) is 10.2 Å². The lowest BCUT2D eigenvalue weighted by Gasteiger charge is -2.18. The number of nitrogens with zero attached hydrogens (tertiary/aromatic N) is 2. The van der Waals surface area contributed by atoms with Gasteiger partial charge in [-0.25, -0.2) is 0 Å². The molecule has 0 fully saturated rings. The molecule has 0 amide bonds. The highest BCUT2D eigenvalue weighted by atomic mass is 16.7. The van der Waals surface area contributed by atoms with Crippen molar-refractivity contribution in [2.45, 2.75) is 26.3 Å². The van der Waals surface area contributed by atoms with Gasteiger partial charge in [-0.1, -0.05) is 19.9 Å². The van der Waals surface area contributed by atoms with Crippen LogP contribution in [0.5, 0.6) is 11.5 Å². The number of fused-ring (bicyclic) bond motifs is 1. The van der Waals surface area contributed by atoms with Crippen molar-refractivity contribution in [1.29, 1.82) is 5.26 Å². The maximum Gasteiger partial charge on any atom is 0.231 e. The van der Waals surface area contributed by atoms with E-state index in [1.165, 1.54) is 0 Å². The largest absolute Gasteiger partial charge is 0.454 e. The van der Waals surface area contributed by atoms with Gasteiger partial charge in [-0.15, -0.1) is 0 Å². The van der Waals surface area contributed by atoms with Crippen molar-refractivity contribution in [3.05, 3.63) is 23.8 Å². The molecule has 0 bridgehead atoms. The van der Waals surface area contributed by atoms with Crippen LogP contribution in [0, 0.1) is 11.3 Å². The van der Waals surface area contributed by atoms with E-state index in [-0.39, 0.29) is 12.8 Å². The fourth-order valence-electron chi connectivity index (χ4n) is 2.42. The quantitative estimate of drug-likeness (QED) is 0.744. The van der Waals surface area contributed by atoms with Crippen LogP contribution in [0.2, 0.25) is 0 Å². The minimum absolute atomic E-state index is 0.257. The zero-order valence-electron chi connectivity index (χ0n) is 12.8. The molecule has 0 radical (unpaired) electrons. The molecule has 1 atom stereocenters. The van der Waals surface area contributed by atoms with Gasteiger partial charge in [0.25, 0.3) is 0 Å². The summed E-state index contributed by atoms with van der Waals surface area (Å²) < 4.78 is 10.6. The first-order valence-electron chi connectivity index (χ1n) is 7.53. The third-order valence-corrected chi connectivity index (χ3v) is 3.75. The molecule has 0 saturated carbocycles. The van der Waals surface area contributed by atoms with Gasteiger partial charge in [-0.05, 0) is 50.3 Å². The Morgan fingerprint density at radius 3 is 2.76 bits per heavy atom. The van der Waals surface area contributed by atoms with Crippen LogP contribution in [0.1, 0.15) is 31.9 Å². The summed E-state index contributed by atoms with van der Waals surface area (Å²) >= 11 is 0. The summed E-state index contributed by atoms with van der Waals surface area (Å²) in [7, 11) is 0. The van der Waals surface area contributed by atoms with Crippen LogP contribution >= 0.6 is 0 Å². The molecule has 2 rings (SSSR count). The van der Waals surface area contributed by atoms with Gasteiger partial charge in [0.15, 0.2) is 11.5 Å². The van der Waals surface area contributed by atoms with E-state index in [0.717, 1.165) is 49.7 Å². The SMILES string of the molecule is CCN(CC)CCCNC(C#N)c1ccc2c(c1)OCO2. The van der Waals surface area contributed by atoms with Gasteiger partial charge in [0, 0.05) is 0 Å². The van der Waals surface area contributed by atoms with Crippen molar-refractivity contribution in [3.8, 4) is 17.6 Å². The van der Waals surface area contributed by atoms with E-state index >= 15 is 0 Å². The minimum atomic E-state index is -0.309. The van der Waals surface area contributed by atoms with E-state index in [4.69, 9.17) is 9.47 Å². The number of nitriles is 1. The molecule has 0 aliphatic carbocycles. The first-order chi connectivity index (χ1) is 10.3. The molecule has 1 aromatic carbocycles. The fraction of sp³-hybridized carbons (Fsp3) is 0.562. The van der Waals surface area contributed by atoms with E-state index in [0.29, 0.717) is 0 Å². The van der Waals surface area contributed by atoms with Crippen LogP contribution in [0.3, 0.4) is 0 Å². The average molecular weight is 289 g/mol. The van der Waals surface area contributed by atoms with Crippen molar-refractivity contribution < 1.29 is 9.47 Å². The second kappa shape index (κ2) is 7.87. The maximum absolute atomic E-state index is 9.33. The highest BCUT2D eigenvalue weighted by Crippen LogP contribution is 2.34. The zero-order chi connectivity index (χ0) is 15.1. The smallest absolute Gasteiger partial charge is 0.231 e. The van der Waals surface area contributed by atoms with E-state index in [1.54, 1.807) is 0 Å². The second-order valence-electron chi connectivity index (χ2n) is 5.01. The summed E-state index contributed by atoms with van der Waals surface area (Å²) in [6.45, 7) is 8.61. The molecule has 1 N–H and O–H groups in total. The third kappa shape index (κ3) is 4.10. The predicted octanol–water partition coefficient (Wildman–Crippen LogP) is 2.30. The highest BCUT2D eigenvalue weighted by molar-refractivity contribution is 5.46. The monoisotopic (exact) mass is 289 g/mol. The van der Waals surface area contributed by atoms with Gasteiger partial charge in [0.1, 0.15) is 6.04 Å². The number of ether oxygens (including phenoxy) is 2. The van der Waals surface area contributed by atoms with Gasteiger partial charge in [0.2, 0.25) is 6.79 Å². The highest BCUT2D eigenvalue weighted by Gasteiger charge is 2.17. The van der Waals surface area contributed by atoms with Gasteiger partial charge in [-0.3, -0.25) is 5.32 Å². The standard InChI is InChI=1S/C16H23N3O2/c1-3-19(4-2)9-5-8-18-14(11-17)13-6-7-15-16(10-13)21-12-20-15/h6-7,10,14,18H,3-5,8-9,12H2,1-2H3. The van der Waals surface area contributed by atoms with Crippen molar-refractivity contribution in [3.63, 3.8) is 0 Å². The Morgan fingerprint density at radius 1 is 1.29 bits per heavy atom. The minimum Gasteiger partial charge on any atom is -0.454 e. The summed E-state index contributed by atoms with van der Waals surface area (Å²) in [6, 6.07) is 7.65. The molecular weight excluding hydrogens is 266 g/mol. The van der Waals surface area contributed by atoms with Gasteiger partial charge < -0.3 is 14.4 Å². The third-order valence-electron chi connectivity index (χ3n) is 3.75. The van der Waals surface area contributed by atoms with Gasteiger partial charge in [0.05, 0.1) is 6.07 Å². The number of rotatable bonds is 8. The summed E-state index contributed by atoms with van der Waals surface area (Å²) in [5.41, 5.74) is 0.921. The molecule has 1 unspecified atom stereocenters. The lowest BCUT2D eigenvalue weighted by Crippen LogP contribution is -2.28. The molecule has 5 nitrogen and oxygen atoms in total. The van der Waals surface area contributed by atoms with E-state index in [2.05, 4.69) is 30.1 Å². The average Bonchev–Trinajstić information content (AvgIpc) is 2.98. The number of nitrogens with one attached hydrogen (secondary N) is 1. The topological polar surface area (TPSA) is 57.5 Å². The molecule has 1 aromatic rings. The Labute approximate surface area is 126 Å². The normalized spacial score (nSPS) is 14.2. The van der Waals surface area contributed by atoms with Gasteiger partial charge >= 0.3 is 0 Å². The summed E-state index contributed by atoms with van der Waals surface area (Å²) in [6.07, 6.45) is 1.03. The lowest BCUT2D eigenvalue weighted by atomic mass is 10.1. The van der Waals surface area contributed by atoms with Crippen LogP contribution in [0.4, 0.5) is 0 Å². The molecule has 0 saturated heterocycles. The molecule has 5 heteroatoms.